The Morgan fingerprint density at radius 2 is 2.21 bits per heavy atom. The van der Waals surface area contributed by atoms with Crippen LogP contribution in [0.25, 0.3) is 0 Å². The lowest BCUT2D eigenvalue weighted by Crippen LogP contribution is -2.47. The topological polar surface area (TPSA) is 15.3 Å². The van der Waals surface area contributed by atoms with E-state index in [1.807, 2.05) is 0 Å². The lowest BCUT2D eigenvalue weighted by atomic mass is 9.81. The summed E-state index contributed by atoms with van der Waals surface area (Å²) in [6.45, 7) is 9.45. The van der Waals surface area contributed by atoms with Gasteiger partial charge >= 0.3 is 0 Å². The molecule has 1 unspecified atom stereocenters. The van der Waals surface area contributed by atoms with E-state index in [0.29, 0.717) is 5.41 Å². The second-order valence-corrected chi connectivity index (χ2v) is 6.75. The smallest absolute Gasteiger partial charge is 0.0399 e. The van der Waals surface area contributed by atoms with E-state index in [0.717, 1.165) is 0 Å². The van der Waals surface area contributed by atoms with Crippen LogP contribution in [0.15, 0.2) is 18.2 Å². The van der Waals surface area contributed by atoms with Gasteiger partial charge in [0.05, 0.1) is 0 Å². The quantitative estimate of drug-likeness (QED) is 0.876. The van der Waals surface area contributed by atoms with Crippen molar-refractivity contribution >= 4 is 5.69 Å². The fourth-order valence-corrected chi connectivity index (χ4v) is 3.68. The molecule has 2 aliphatic rings. The molecule has 0 amide bonds. The van der Waals surface area contributed by atoms with Crippen LogP contribution in [0.2, 0.25) is 0 Å². The minimum Gasteiger partial charge on any atom is -0.371 e. The summed E-state index contributed by atoms with van der Waals surface area (Å²) < 4.78 is 0. The number of anilines is 1. The molecule has 2 heteroatoms. The Morgan fingerprint density at radius 3 is 3.00 bits per heavy atom. The highest BCUT2D eigenvalue weighted by atomic mass is 15.1. The van der Waals surface area contributed by atoms with Crippen LogP contribution in [-0.4, -0.2) is 26.2 Å². The van der Waals surface area contributed by atoms with Crippen molar-refractivity contribution in [3.63, 3.8) is 0 Å². The number of nitrogens with one attached hydrogen (secondary N) is 1. The average Bonchev–Trinajstić information content (AvgIpc) is 2.39. The van der Waals surface area contributed by atoms with E-state index < -0.39 is 0 Å². The second kappa shape index (κ2) is 5.16. The predicted octanol–water partition coefficient (Wildman–Crippen LogP) is 3.14. The molecule has 0 radical (unpaired) electrons. The van der Waals surface area contributed by atoms with Crippen LogP contribution >= 0.6 is 0 Å². The summed E-state index contributed by atoms with van der Waals surface area (Å²) in [5.74, 6) is 0. The Morgan fingerprint density at radius 1 is 1.32 bits per heavy atom. The van der Waals surface area contributed by atoms with Gasteiger partial charge in [-0.3, -0.25) is 0 Å². The second-order valence-electron chi connectivity index (χ2n) is 6.75. The number of fused-ring (bicyclic) bond motifs is 1. The van der Waals surface area contributed by atoms with Gasteiger partial charge < -0.3 is 10.2 Å². The molecule has 1 aromatic carbocycles. The van der Waals surface area contributed by atoms with Gasteiger partial charge in [-0.2, -0.15) is 0 Å². The highest BCUT2D eigenvalue weighted by molar-refractivity contribution is 5.56. The van der Waals surface area contributed by atoms with Gasteiger partial charge in [0.1, 0.15) is 0 Å². The molecule has 0 aromatic heterocycles. The number of nitrogens with zero attached hydrogens (tertiary/aromatic N) is 1. The third-order valence-corrected chi connectivity index (χ3v) is 4.71. The zero-order chi connectivity index (χ0) is 13.3. The van der Waals surface area contributed by atoms with Crippen molar-refractivity contribution in [1.29, 1.82) is 0 Å². The molecule has 0 aliphatic carbocycles. The first-order valence-electron chi connectivity index (χ1n) is 7.72. The number of hydrogen-bond donors (Lipinski definition) is 1. The third-order valence-electron chi connectivity index (χ3n) is 4.71. The number of benzene rings is 1. The summed E-state index contributed by atoms with van der Waals surface area (Å²) in [7, 11) is 0. The summed E-state index contributed by atoms with van der Waals surface area (Å²) in [5, 5.41) is 3.57. The molecule has 1 fully saturated rings. The van der Waals surface area contributed by atoms with Crippen LogP contribution in [0.5, 0.6) is 0 Å². The zero-order valence-electron chi connectivity index (χ0n) is 12.3. The maximum absolute atomic E-state index is 3.57. The Bertz CT molecular complexity index is 447. The van der Waals surface area contributed by atoms with Crippen LogP contribution in [0.1, 0.15) is 37.3 Å². The summed E-state index contributed by atoms with van der Waals surface area (Å²) in [5.41, 5.74) is 4.88. The van der Waals surface area contributed by atoms with E-state index in [1.54, 1.807) is 5.56 Å². The molecule has 2 heterocycles. The largest absolute Gasteiger partial charge is 0.371 e. The summed E-state index contributed by atoms with van der Waals surface area (Å²) in [4.78, 5) is 2.63. The van der Waals surface area contributed by atoms with E-state index in [2.05, 4.69) is 42.3 Å². The van der Waals surface area contributed by atoms with Crippen molar-refractivity contribution in [1.82, 2.24) is 5.32 Å². The summed E-state index contributed by atoms with van der Waals surface area (Å²) in [6.07, 6.45) is 5.24. The predicted molar refractivity (Wildman–Crippen MR) is 81.9 cm³/mol. The van der Waals surface area contributed by atoms with Gasteiger partial charge in [0.15, 0.2) is 0 Å². The zero-order valence-corrected chi connectivity index (χ0v) is 12.3. The van der Waals surface area contributed by atoms with Crippen LogP contribution < -0.4 is 10.2 Å². The lowest BCUT2D eigenvalue weighted by molar-refractivity contribution is 0.239. The van der Waals surface area contributed by atoms with Crippen LogP contribution in [-0.2, 0) is 6.42 Å². The number of piperidine rings is 1. The molecule has 1 atom stereocenters. The molecule has 1 aromatic rings. The summed E-state index contributed by atoms with van der Waals surface area (Å²) in [6, 6.07) is 6.98. The molecular formula is C17H26N2. The van der Waals surface area contributed by atoms with Gasteiger partial charge in [0.2, 0.25) is 0 Å². The molecule has 1 N–H and O–H groups in total. The number of rotatable bonds is 2. The van der Waals surface area contributed by atoms with Gasteiger partial charge in [-0.05, 0) is 56.2 Å². The fraction of sp³-hybridized carbons (Fsp3) is 0.647. The van der Waals surface area contributed by atoms with E-state index in [1.165, 1.54) is 63.1 Å². The van der Waals surface area contributed by atoms with Gasteiger partial charge in [0, 0.05) is 25.3 Å². The van der Waals surface area contributed by atoms with E-state index in [9.17, 15) is 0 Å². The van der Waals surface area contributed by atoms with Crippen molar-refractivity contribution in [3.8, 4) is 0 Å². The Hall–Kier alpha value is -1.02. The monoisotopic (exact) mass is 258 g/mol. The van der Waals surface area contributed by atoms with Gasteiger partial charge in [-0.15, -0.1) is 0 Å². The molecule has 3 rings (SSSR count). The highest BCUT2D eigenvalue weighted by Crippen LogP contribution is 2.33. The van der Waals surface area contributed by atoms with Crippen molar-refractivity contribution in [2.75, 3.05) is 31.1 Å². The van der Waals surface area contributed by atoms with E-state index in [-0.39, 0.29) is 0 Å². The Balaban J connectivity index is 1.79. The molecule has 19 heavy (non-hydrogen) atoms. The molecule has 0 spiro atoms. The average molecular weight is 258 g/mol. The normalized spacial score (nSPS) is 27.2. The van der Waals surface area contributed by atoms with E-state index >= 15 is 0 Å². The fourth-order valence-electron chi connectivity index (χ4n) is 3.68. The maximum atomic E-state index is 3.57. The van der Waals surface area contributed by atoms with Gasteiger partial charge in [0.25, 0.3) is 0 Å². The lowest BCUT2D eigenvalue weighted by Gasteiger charge is -2.41. The van der Waals surface area contributed by atoms with Crippen molar-refractivity contribution in [3.05, 3.63) is 29.3 Å². The molecule has 104 valence electrons. The van der Waals surface area contributed by atoms with Crippen molar-refractivity contribution < 1.29 is 0 Å². The Kier molecular flexibility index (Phi) is 3.53. The number of aryl methyl sites for hydroxylation is 2. The first kappa shape index (κ1) is 13.0. The summed E-state index contributed by atoms with van der Waals surface area (Å²) >= 11 is 0. The first-order chi connectivity index (χ1) is 9.16. The molecule has 2 aliphatic heterocycles. The standard InChI is InChI=1S/C17H26N2/c1-14-6-7-16-15(11-14)5-3-10-19(16)13-17(2)8-4-9-18-12-17/h6-7,11,18H,3-5,8-10,12-13H2,1-2H3. The van der Waals surface area contributed by atoms with Crippen molar-refractivity contribution in [2.24, 2.45) is 5.41 Å². The minimum atomic E-state index is 0.442. The van der Waals surface area contributed by atoms with Crippen LogP contribution in [0, 0.1) is 12.3 Å². The third kappa shape index (κ3) is 2.79. The molecular weight excluding hydrogens is 232 g/mol. The van der Waals surface area contributed by atoms with Gasteiger partial charge in [-0.25, -0.2) is 0 Å². The molecule has 2 nitrogen and oxygen atoms in total. The molecule has 1 saturated heterocycles. The maximum Gasteiger partial charge on any atom is 0.0399 e. The van der Waals surface area contributed by atoms with E-state index in [4.69, 9.17) is 0 Å². The van der Waals surface area contributed by atoms with Crippen molar-refractivity contribution in [2.45, 2.75) is 39.5 Å². The first-order valence-corrected chi connectivity index (χ1v) is 7.72. The highest BCUT2D eigenvalue weighted by Gasteiger charge is 2.30. The van der Waals surface area contributed by atoms with Crippen LogP contribution in [0.4, 0.5) is 5.69 Å². The molecule has 0 saturated carbocycles. The Labute approximate surface area is 117 Å². The van der Waals surface area contributed by atoms with Gasteiger partial charge in [-0.1, -0.05) is 24.6 Å². The SMILES string of the molecule is Cc1ccc2c(c1)CCCN2CC1(C)CCCNC1. The number of hydrogen-bond acceptors (Lipinski definition) is 2. The molecule has 0 bridgehead atoms. The van der Waals surface area contributed by atoms with Crippen LogP contribution in [0.3, 0.4) is 0 Å². The minimum absolute atomic E-state index is 0.442.